The van der Waals surface area contributed by atoms with Crippen molar-refractivity contribution in [3.05, 3.63) is 36.2 Å². The molecule has 1 saturated carbocycles. The molecule has 6 nitrogen and oxygen atoms in total. The summed E-state index contributed by atoms with van der Waals surface area (Å²) < 4.78 is 5.87. The Hall–Kier alpha value is -2.37. The van der Waals surface area contributed by atoms with E-state index in [1.54, 1.807) is 30.6 Å². The molecule has 21 heavy (non-hydrogen) atoms. The van der Waals surface area contributed by atoms with Crippen molar-refractivity contribution in [3.8, 4) is 5.88 Å². The highest BCUT2D eigenvalue weighted by Crippen LogP contribution is 2.22. The first kappa shape index (κ1) is 13.6. The van der Waals surface area contributed by atoms with Gasteiger partial charge in [-0.05, 0) is 31.7 Å². The minimum atomic E-state index is -0.213. The summed E-state index contributed by atoms with van der Waals surface area (Å²) in [7, 11) is 0. The smallest absolute Gasteiger partial charge is 0.257 e. The van der Waals surface area contributed by atoms with Gasteiger partial charge in [-0.25, -0.2) is 4.98 Å². The molecule has 0 bridgehead atoms. The third kappa shape index (κ3) is 3.59. The first-order valence-electron chi connectivity index (χ1n) is 7.25. The Kier molecular flexibility index (Phi) is 4.14. The quantitative estimate of drug-likeness (QED) is 0.905. The summed E-state index contributed by atoms with van der Waals surface area (Å²) in [4.78, 5) is 16.3. The largest absolute Gasteiger partial charge is 0.474 e. The Balaban J connectivity index is 1.66. The van der Waals surface area contributed by atoms with Gasteiger partial charge in [0.15, 0.2) is 0 Å². The number of aromatic amines is 1. The fourth-order valence-corrected chi connectivity index (χ4v) is 2.49. The van der Waals surface area contributed by atoms with Gasteiger partial charge in [-0.2, -0.15) is 5.10 Å². The van der Waals surface area contributed by atoms with E-state index in [0.717, 1.165) is 12.8 Å². The van der Waals surface area contributed by atoms with Crippen LogP contribution in [0.5, 0.6) is 5.88 Å². The molecule has 2 aromatic rings. The number of aromatic nitrogens is 3. The van der Waals surface area contributed by atoms with E-state index >= 15 is 0 Å². The zero-order valence-electron chi connectivity index (χ0n) is 11.7. The predicted octanol–water partition coefficient (Wildman–Crippen LogP) is 2.77. The molecular weight excluding hydrogens is 268 g/mol. The summed E-state index contributed by atoms with van der Waals surface area (Å²) in [6.45, 7) is 0. The average molecular weight is 286 g/mol. The Morgan fingerprint density at radius 1 is 1.24 bits per heavy atom. The lowest BCUT2D eigenvalue weighted by Gasteiger charge is -2.22. The molecule has 1 fully saturated rings. The second-order valence-electron chi connectivity index (χ2n) is 5.19. The Morgan fingerprint density at radius 3 is 2.86 bits per heavy atom. The van der Waals surface area contributed by atoms with Crippen LogP contribution in [0.25, 0.3) is 0 Å². The molecule has 6 heteroatoms. The molecule has 0 spiro atoms. The minimum Gasteiger partial charge on any atom is -0.474 e. The molecule has 1 amide bonds. The summed E-state index contributed by atoms with van der Waals surface area (Å²) in [6.07, 6.45) is 9.20. The number of carbonyl (C=O) groups excluding carboxylic acids is 1. The maximum atomic E-state index is 12.1. The third-order valence-electron chi connectivity index (χ3n) is 3.59. The number of rotatable bonds is 4. The van der Waals surface area contributed by atoms with Crippen molar-refractivity contribution in [3.63, 3.8) is 0 Å². The second-order valence-corrected chi connectivity index (χ2v) is 5.19. The molecule has 0 aliphatic heterocycles. The van der Waals surface area contributed by atoms with Crippen molar-refractivity contribution in [1.29, 1.82) is 0 Å². The Bertz CT molecular complexity index is 591. The van der Waals surface area contributed by atoms with Crippen LogP contribution >= 0.6 is 0 Å². The van der Waals surface area contributed by atoms with Gasteiger partial charge >= 0.3 is 0 Å². The topological polar surface area (TPSA) is 79.9 Å². The van der Waals surface area contributed by atoms with Gasteiger partial charge in [-0.1, -0.05) is 6.42 Å². The molecule has 3 rings (SSSR count). The van der Waals surface area contributed by atoms with E-state index in [0.29, 0.717) is 17.3 Å². The molecule has 1 aliphatic carbocycles. The van der Waals surface area contributed by atoms with E-state index in [1.165, 1.54) is 19.3 Å². The highest BCUT2D eigenvalue weighted by Gasteiger charge is 2.16. The zero-order chi connectivity index (χ0) is 14.5. The van der Waals surface area contributed by atoms with Gasteiger partial charge in [-0.3, -0.25) is 9.89 Å². The Labute approximate surface area is 122 Å². The summed E-state index contributed by atoms with van der Waals surface area (Å²) >= 11 is 0. The highest BCUT2D eigenvalue weighted by atomic mass is 16.5. The number of carbonyl (C=O) groups is 1. The minimum absolute atomic E-state index is 0.213. The third-order valence-corrected chi connectivity index (χ3v) is 3.59. The monoisotopic (exact) mass is 286 g/mol. The molecule has 110 valence electrons. The van der Waals surface area contributed by atoms with E-state index in [9.17, 15) is 4.79 Å². The number of hydrogen-bond donors (Lipinski definition) is 2. The van der Waals surface area contributed by atoms with Gasteiger partial charge in [-0.15, -0.1) is 0 Å². The molecule has 2 aromatic heterocycles. The van der Waals surface area contributed by atoms with E-state index in [-0.39, 0.29) is 12.0 Å². The molecule has 2 N–H and O–H groups in total. The first-order valence-corrected chi connectivity index (χ1v) is 7.25. The van der Waals surface area contributed by atoms with E-state index in [4.69, 9.17) is 4.74 Å². The number of nitrogens with zero attached hydrogens (tertiary/aromatic N) is 2. The lowest BCUT2D eigenvalue weighted by atomic mass is 9.98. The van der Waals surface area contributed by atoms with Gasteiger partial charge in [0.25, 0.3) is 5.91 Å². The SMILES string of the molecule is O=C(Nc1ccn[nH]1)c1ccnc(OC2CCCCC2)c1. The molecule has 2 heterocycles. The average Bonchev–Trinajstić information content (AvgIpc) is 3.01. The lowest BCUT2D eigenvalue weighted by Crippen LogP contribution is -2.20. The maximum Gasteiger partial charge on any atom is 0.257 e. The number of pyridine rings is 1. The standard InChI is InChI=1S/C15H18N4O2/c20-15(18-13-7-9-17-19-13)11-6-8-16-14(10-11)21-12-4-2-1-3-5-12/h6-10,12H,1-5H2,(H2,17,18,19,20). The van der Waals surface area contributed by atoms with Crippen molar-refractivity contribution >= 4 is 11.7 Å². The zero-order valence-corrected chi connectivity index (χ0v) is 11.7. The molecule has 0 radical (unpaired) electrons. The van der Waals surface area contributed by atoms with Crippen molar-refractivity contribution in [2.45, 2.75) is 38.2 Å². The van der Waals surface area contributed by atoms with Crippen LogP contribution in [0.4, 0.5) is 5.82 Å². The molecule has 0 saturated heterocycles. The van der Waals surface area contributed by atoms with Crippen molar-refractivity contribution in [2.75, 3.05) is 5.32 Å². The van der Waals surface area contributed by atoms with Crippen LogP contribution in [-0.2, 0) is 0 Å². The van der Waals surface area contributed by atoms with Crippen molar-refractivity contribution < 1.29 is 9.53 Å². The molecular formula is C15H18N4O2. The molecule has 0 aromatic carbocycles. The van der Waals surface area contributed by atoms with Crippen molar-refractivity contribution in [1.82, 2.24) is 15.2 Å². The summed E-state index contributed by atoms with van der Waals surface area (Å²) in [5, 5.41) is 9.21. The van der Waals surface area contributed by atoms with Crippen LogP contribution in [0, 0.1) is 0 Å². The van der Waals surface area contributed by atoms with Crippen LogP contribution in [0.2, 0.25) is 0 Å². The second kappa shape index (κ2) is 6.39. The predicted molar refractivity (Wildman–Crippen MR) is 78.3 cm³/mol. The number of amides is 1. The fraction of sp³-hybridized carbons (Fsp3) is 0.400. The van der Waals surface area contributed by atoms with Crippen LogP contribution < -0.4 is 10.1 Å². The van der Waals surface area contributed by atoms with Gasteiger partial charge in [0.05, 0.1) is 6.20 Å². The molecule has 0 atom stereocenters. The van der Waals surface area contributed by atoms with Crippen LogP contribution in [0.15, 0.2) is 30.6 Å². The number of H-pyrrole nitrogens is 1. The number of anilines is 1. The van der Waals surface area contributed by atoms with Crippen molar-refractivity contribution in [2.24, 2.45) is 0 Å². The Morgan fingerprint density at radius 2 is 2.10 bits per heavy atom. The summed E-state index contributed by atoms with van der Waals surface area (Å²) in [5.41, 5.74) is 0.519. The number of ether oxygens (including phenoxy) is 1. The first-order chi connectivity index (χ1) is 10.3. The van der Waals surface area contributed by atoms with Gasteiger partial charge in [0.2, 0.25) is 5.88 Å². The summed E-state index contributed by atoms with van der Waals surface area (Å²) in [5.74, 6) is 0.862. The van der Waals surface area contributed by atoms with Gasteiger partial charge in [0.1, 0.15) is 11.9 Å². The maximum absolute atomic E-state index is 12.1. The molecule has 1 aliphatic rings. The summed E-state index contributed by atoms with van der Waals surface area (Å²) in [6, 6.07) is 5.04. The van der Waals surface area contributed by atoms with E-state index < -0.39 is 0 Å². The lowest BCUT2D eigenvalue weighted by molar-refractivity contribution is 0.102. The van der Waals surface area contributed by atoms with Crippen LogP contribution in [0.1, 0.15) is 42.5 Å². The van der Waals surface area contributed by atoms with Gasteiger partial charge < -0.3 is 10.1 Å². The van der Waals surface area contributed by atoms with Crippen LogP contribution in [-0.4, -0.2) is 27.2 Å². The number of nitrogens with one attached hydrogen (secondary N) is 2. The van der Waals surface area contributed by atoms with Crippen LogP contribution in [0.3, 0.4) is 0 Å². The highest BCUT2D eigenvalue weighted by molar-refractivity contribution is 6.03. The fourth-order valence-electron chi connectivity index (χ4n) is 2.49. The number of hydrogen-bond acceptors (Lipinski definition) is 4. The van der Waals surface area contributed by atoms with E-state index in [2.05, 4.69) is 20.5 Å². The molecule has 0 unspecified atom stereocenters. The van der Waals surface area contributed by atoms with E-state index in [1.807, 2.05) is 0 Å². The van der Waals surface area contributed by atoms with Gasteiger partial charge in [0, 0.05) is 23.9 Å². The normalized spacial score (nSPS) is 15.6.